The van der Waals surface area contributed by atoms with Gasteiger partial charge in [-0.25, -0.2) is 0 Å². The first kappa shape index (κ1) is 15.6. The van der Waals surface area contributed by atoms with Crippen LogP contribution in [0.4, 0.5) is 13.2 Å². The van der Waals surface area contributed by atoms with Gasteiger partial charge < -0.3 is 10.0 Å². The van der Waals surface area contributed by atoms with E-state index in [1.165, 1.54) is 4.90 Å². The summed E-state index contributed by atoms with van der Waals surface area (Å²) in [5, 5.41) is 10.0. The first-order valence-electron chi connectivity index (χ1n) is 7.33. The van der Waals surface area contributed by atoms with Gasteiger partial charge in [0.05, 0.1) is 24.6 Å². The molecule has 0 radical (unpaired) electrons. The maximum atomic E-state index is 12.7. The third-order valence-electron chi connectivity index (χ3n) is 4.48. The van der Waals surface area contributed by atoms with E-state index in [4.69, 9.17) is 0 Å². The average Bonchev–Trinajstić information content (AvgIpc) is 2.34. The molecule has 0 aromatic heterocycles. The summed E-state index contributed by atoms with van der Waals surface area (Å²) in [5.74, 6) is -2.08. The maximum absolute atomic E-state index is 12.7. The van der Waals surface area contributed by atoms with Crippen LogP contribution in [0.5, 0.6) is 0 Å². The molecule has 2 unspecified atom stereocenters. The van der Waals surface area contributed by atoms with Crippen LogP contribution in [0.1, 0.15) is 45.4 Å². The molecule has 0 aromatic rings. The normalized spacial score (nSPS) is 29.9. The number of β-amino-alcohol motifs (C(OH)–C–C–N with tert-alkyl or cyclic N) is 1. The second-order valence-electron chi connectivity index (χ2n) is 6.27. The number of rotatable bonds is 3. The largest absolute Gasteiger partial charge is 0.391 e. The summed E-state index contributed by atoms with van der Waals surface area (Å²) in [6, 6.07) is 0. The molecule has 116 valence electrons. The van der Waals surface area contributed by atoms with Crippen LogP contribution in [-0.4, -0.2) is 40.8 Å². The van der Waals surface area contributed by atoms with Crippen LogP contribution < -0.4 is 0 Å². The van der Waals surface area contributed by atoms with Crippen molar-refractivity contribution in [3.63, 3.8) is 0 Å². The molecule has 2 fully saturated rings. The van der Waals surface area contributed by atoms with E-state index in [0.29, 0.717) is 19.3 Å². The van der Waals surface area contributed by atoms with Gasteiger partial charge in [-0.05, 0) is 25.7 Å². The van der Waals surface area contributed by atoms with Gasteiger partial charge in [0.15, 0.2) is 0 Å². The molecule has 0 aromatic carbocycles. The average molecular weight is 293 g/mol. The molecule has 2 rings (SSSR count). The van der Waals surface area contributed by atoms with E-state index in [0.717, 1.165) is 6.42 Å². The van der Waals surface area contributed by atoms with Crippen molar-refractivity contribution in [3.05, 3.63) is 0 Å². The zero-order valence-corrected chi connectivity index (χ0v) is 11.7. The topological polar surface area (TPSA) is 40.5 Å². The number of aliphatic hydroxyl groups is 1. The molecule has 1 aliphatic carbocycles. The van der Waals surface area contributed by atoms with E-state index in [9.17, 15) is 23.1 Å². The molecule has 2 atom stereocenters. The highest BCUT2D eigenvalue weighted by Gasteiger charge is 2.48. The number of likely N-dealkylation sites (tertiary alicyclic amines) is 1. The molecule has 0 spiro atoms. The lowest BCUT2D eigenvalue weighted by Gasteiger charge is -2.48. The molecule has 0 bridgehead atoms. The van der Waals surface area contributed by atoms with Crippen molar-refractivity contribution in [2.75, 3.05) is 13.1 Å². The van der Waals surface area contributed by atoms with Crippen molar-refractivity contribution in [1.82, 2.24) is 4.90 Å². The highest BCUT2D eigenvalue weighted by Crippen LogP contribution is 2.41. The molecule has 1 aliphatic heterocycles. The smallest absolute Gasteiger partial charge is 0.386 e. The molecule has 1 saturated heterocycles. The fourth-order valence-electron chi connectivity index (χ4n) is 3.41. The molecule has 2 aliphatic rings. The Balaban J connectivity index is 1.88. The third kappa shape index (κ3) is 3.27. The van der Waals surface area contributed by atoms with Crippen molar-refractivity contribution >= 4 is 5.91 Å². The number of carbonyl (C=O) groups is 1. The fourth-order valence-corrected chi connectivity index (χ4v) is 3.41. The van der Waals surface area contributed by atoms with Gasteiger partial charge >= 0.3 is 6.18 Å². The van der Waals surface area contributed by atoms with Crippen molar-refractivity contribution in [3.8, 4) is 0 Å². The SMILES string of the molecule is CCCC1(O)CN(C(=O)C2CCCC(C(F)(F)F)C2)C1. The van der Waals surface area contributed by atoms with Crippen LogP contribution in [0.15, 0.2) is 0 Å². The summed E-state index contributed by atoms with van der Waals surface area (Å²) in [4.78, 5) is 13.7. The van der Waals surface area contributed by atoms with Crippen LogP contribution in [0, 0.1) is 11.8 Å². The summed E-state index contributed by atoms with van der Waals surface area (Å²) in [6.07, 6.45) is -1.71. The maximum Gasteiger partial charge on any atom is 0.391 e. The Kier molecular flexibility index (Phi) is 4.33. The molecular formula is C14H22F3NO2. The predicted octanol–water partition coefficient (Wildman–Crippen LogP) is 2.73. The number of amides is 1. The lowest BCUT2D eigenvalue weighted by Crippen LogP contribution is -2.64. The number of hydrogen-bond acceptors (Lipinski definition) is 2. The predicted molar refractivity (Wildman–Crippen MR) is 67.9 cm³/mol. The zero-order valence-electron chi connectivity index (χ0n) is 11.7. The van der Waals surface area contributed by atoms with Gasteiger partial charge in [0.2, 0.25) is 5.91 Å². The van der Waals surface area contributed by atoms with E-state index >= 15 is 0 Å². The van der Waals surface area contributed by atoms with Crippen LogP contribution in [0.3, 0.4) is 0 Å². The zero-order chi connectivity index (χ0) is 15.0. The Hall–Kier alpha value is -0.780. The Bertz CT molecular complexity index is 364. The summed E-state index contributed by atoms with van der Waals surface area (Å²) in [7, 11) is 0. The summed E-state index contributed by atoms with van der Waals surface area (Å²) < 4.78 is 38.2. The summed E-state index contributed by atoms with van der Waals surface area (Å²) >= 11 is 0. The number of halogens is 3. The standard InChI is InChI=1S/C14H22F3NO2/c1-2-6-13(20)8-18(9-13)12(19)10-4-3-5-11(7-10)14(15,16)17/h10-11,20H,2-9H2,1H3. The number of carbonyl (C=O) groups excluding carboxylic acids is 1. The summed E-state index contributed by atoms with van der Waals surface area (Å²) in [5.41, 5.74) is -0.817. The van der Waals surface area contributed by atoms with Gasteiger partial charge in [0.25, 0.3) is 0 Å². The molecular weight excluding hydrogens is 271 g/mol. The van der Waals surface area contributed by atoms with Crippen molar-refractivity contribution in [1.29, 1.82) is 0 Å². The lowest BCUT2D eigenvalue weighted by atomic mass is 9.79. The van der Waals surface area contributed by atoms with Crippen LogP contribution in [0.25, 0.3) is 0 Å². The summed E-state index contributed by atoms with van der Waals surface area (Å²) in [6.45, 7) is 2.50. The highest BCUT2D eigenvalue weighted by molar-refractivity contribution is 5.80. The van der Waals surface area contributed by atoms with Gasteiger partial charge in [0.1, 0.15) is 0 Å². The Morgan fingerprint density at radius 2 is 2.00 bits per heavy atom. The number of hydrogen-bond donors (Lipinski definition) is 1. The van der Waals surface area contributed by atoms with Crippen molar-refractivity contribution < 1.29 is 23.1 Å². The minimum Gasteiger partial charge on any atom is -0.386 e. The first-order valence-corrected chi connectivity index (χ1v) is 7.33. The quantitative estimate of drug-likeness (QED) is 0.869. The van der Waals surface area contributed by atoms with Crippen molar-refractivity contribution in [2.45, 2.75) is 57.2 Å². The number of alkyl halides is 3. The molecule has 6 heteroatoms. The van der Waals surface area contributed by atoms with E-state index < -0.39 is 23.6 Å². The Morgan fingerprint density at radius 3 is 2.55 bits per heavy atom. The van der Waals surface area contributed by atoms with Gasteiger partial charge in [-0.15, -0.1) is 0 Å². The Morgan fingerprint density at radius 1 is 1.35 bits per heavy atom. The van der Waals surface area contributed by atoms with Gasteiger partial charge in [-0.2, -0.15) is 13.2 Å². The monoisotopic (exact) mass is 293 g/mol. The van der Waals surface area contributed by atoms with Gasteiger partial charge in [-0.1, -0.05) is 19.8 Å². The Labute approximate surface area is 117 Å². The lowest BCUT2D eigenvalue weighted by molar-refractivity contribution is -0.190. The van der Waals surface area contributed by atoms with Crippen LogP contribution in [0.2, 0.25) is 0 Å². The molecule has 3 nitrogen and oxygen atoms in total. The fraction of sp³-hybridized carbons (Fsp3) is 0.929. The van der Waals surface area contributed by atoms with Gasteiger partial charge in [0, 0.05) is 5.92 Å². The first-order chi connectivity index (χ1) is 9.25. The molecule has 1 N–H and O–H groups in total. The second-order valence-corrected chi connectivity index (χ2v) is 6.27. The second kappa shape index (κ2) is 5.54. The van der Waals surface area contributed by atoms with Gasteiger partial charge in [-0.3, -0.25) is 4.79 Å². The minimum atomic E-state index is -4.20. The molecule has 20 heavy (non-hydrogen) atoms. The van der Waals surface area contributed by atoms with Crippen LogP contribution >= 0.6 is 0 Å². The van der Waals surface area contributed by atoms with E-state index in [1.54, 1.807) is 0 Å². The van der Waals surface area contributed by atoms with E-state index in [-0.39, 0.29) is 31.8 Å². The van der Waals surface area contributed by atoms with Crippen LogP contribution in [-0.2, 0) is 4.79 Å². The molecule has 1 amide bonds. The third-order valence-corrected chi connectivity index (χ3v) is 4.48. The number of nitrogens with zero attached hydrogens (tertiary/aromatic N) is 1. The molecule has 1 heterocycles. The minimum absolute atomic E-state index is 0.0922. The van der Waals surface area contributed by atoms with Crippen molar-refractivity contribution in [2.24, 2.45) is 11.8 Å². The van der Waals surface area contributed by atoms with E-state index in [1.807, 2.05) is 6.92 Å². The highest BCUT2D eigenvalue weighted by atomic mass is 19.4. The van der Waals surface area contributed by atoms with E-state index in [2.05, 4.69) is 0 Å². The molecule has 1 saturated carbocycles.